The molecule has 0 spiro atoms. The Balaban J connectivity index is 1.67. The Morgan fingerprint density at radius 2 is 1.57 bits per heavy atom. The van der Waals surface area contributed by atoms with Crippen molar-refractivity contribution in [1.29, 1.82) is 0 Å². The Morgan fingerprint density at radius 3 is 2.25 bits per heavy atom. The van der Waals surface area contributed by atoms with Crippen LogP contribution in [0.15, 0.2) is 108 Å². The van der Waals surface area contributed by atoms with E-state index in [4.69, 9.17) is 9.72 Å². The molecule has 0 radical (unpaired) electrons. The number of aromatic nitrogens is 2. The minimum atomic E-state index is -4.67. The van der Waals surface area contributed by atoms with Crippen molar-refractivity contribution in [3.8, 4) is 11.4 Å². The number of nitrogens with zero attached hydrogens (tertiary/aromatic N) is 3. The number of urea groups is 1. The number of rotatable bonds is 9. The van der Waals surface area contributed by atoms with Gasteiger partial charge in [0.15, 0.2) is 0 Å². The first-order valence-electron chi connectivity index (χ1n) is 14.2. The summed E-state index contributed by atoms with van der Waals surface area (Å²) in [6.45, 7) is 4.23. The minimum absolute atomic E-state index is 0.0470. The van der Waals surface area contributed by atoms with Gasteiger partial charge in [-0.1, -0.05) is 61.5 Å². The van der Waals surface area contributed by atoms with Crippen LogP contribution in [-0.2, 0) is 12.7 Å². The molecule has 0 saturated carbocycles. The predicted octanol–water partition coefficient (Wildman–Crippen LogP) is 7.99. The maximum absolute atomic E-state index is 14.0. The predicted molar refractivity (Wildman–Crippen MR) is 164 cm³/mol. The maximum atomic E-state index is 14.0. The molecular weight excluding hydrogens is 569 g/mol. The third-order valence-corrected chi connectivity index (χ3v) is 7.20. The first kappa shape index (κ1) is 30.3. The molecule has 44 heavy (non-hydrogen) atoms. The molecule has 226 valence electrons. The summed E-state index contributed by atoms with van der Waals surface area (Å²) in [6.07, 6.45) is -4.37. The summed E-state index contributed by atoms with van der Waals surface area (Å²) in [6, 6.07) is 26.2. The van der Waals surface area contributed by atoms with Crippen LogP contribution in [0.25, 0.3) is 16.6 Å². The van der Waals surface area contributed by atoms with E-state index in [9.17, 15) is 22.8 Å². The second-order valence-electron chi connectivity index (χ2n) is 10.1. The van der Waals surface area contributed by atoms with Crippen LogP contribution in [0.3, 0.4) is 0 Å². The zero-order chi connectivity index (χ0) is 31.3. The van der Waals surface area contributed by atoms with Crippen LogP contribution in [0.4, 0.5) is 23.7 Å². The van der Waals surface area contributed by atoms with Gasteiger partial charge in [-0.15, -0.1) is 0 Å². The molecular formula is C34H31F3N4O3. The maximum Gasteiger partial charge on any atom is 0.418 e. The van der Waals surface area contributed by atoms with Gasteiger partial charge >= 0.3 is 12.2 Å². The molecule has 2 amide bonds. The number of amides is 2. The molecule has 0 aliphatic rings. The molecule has 1 aromatic heterocycles. The van der Waals surface area contributed by atoms with Crippen LogP contribution in [0.2, 0.25) is 0 Å². The van der Waals surface area contributed by atoms with E-state index in [1.165, 1.54) is 27.7 Å². The molecule has 0 saturated heterocycles. The van der Waals surface area contributed by atoms with E-state index in [0.717, 1.165) is 11.6 Å². The molecule has 5 rings (SSSR count). The van der Waals surface area contributed by atoms with Crippen molar-refractivity contribution in [2.45, 2.75) is 39.0 Å². The van der Waals surface area contributed by atoms with Gasteiger partial charge < -0.3 is 15.0 Å². The summed E-state index contributed by atoms with van der Waals surface area (Å²) in [5.41, 5.74) is 0.0318. The van der Waals surface area contributed by atoms with Crippen molar-refractivity contribution in [3.05, 3.63) is 130 Å². The summed E-state index contributed by atoms with van der Waals surface area (Å²) in [4.78, 5) is 34.3. The molecule has 7 nitrogen and oxygen atoms in total. The van der Waals surface area contributed by atoms with Crippen molar-refractivity contribution < 1.29 is 22.7 Å². The average Bonchev–Trinajstić information content (AvgIpc) is 3.02. The van der Waals surface area contributed by atoms with Crippen LogP contribution in [0, 0.1) is 0 Å². The number of hydrogen-bond acceptors (Lipinski definition) is 4. The lowest BCUT2D eigenvalue weighted by molar-refractivity contribution is -0.136. The molecule has 1 atom stereocenters. The Hall–Kier alpha value is -5.12. The number of benzene rings is 4. The van der Waals surface area contributed by atoms with Crippen molar-refractivity contribution in [3.63, 3.8) is 0 Å². The summed E-state index contributed by atoms with van der Waals surface area (Å²) < 4.78 is 48.5. The Bertz CT molecular complexity index is 1810. The average molecular weight is 601 g/mol. The van der Waals surface area contributed by atoms with Gasteiger partial charge in [-0.3, -0.25) is 9.36 Å². The Kier molecular flexibility index (Phi) is 8.99. The van der Waals surface area contributed by atoms with Gasteiger partial charge in [0.2, 0.25) is 0 Å². The Labute approximate surface area is 252 Å². The number of halogens is 3. The summed E-state index contributed by atoms with van der Waals surface area (Å²) in [7, 11) is 0. The van der Waals surface area contributed by atoms with Gasteiger partial charge in [0.1, 0.15) is 11.6 Å². The molecule has 0 fully saturated rings. The highest BCUT2D eigenvalue weighted by Gasteiger charge is 2.35. The van der Waals surface area contributed by atoms with Crippen LogP contribution >= 0.6 is 0 Å². The molecule has 0 aliphatic carbocycles. The lowest BCUT2D eigenvalue weighted by Gasteiger charge is -2.33. The SMILES string of the molecule is CCOc1ccc(-n2c(C(CC)N(Cc3ccccc3)C(=O)Nc3ccccc3C(F)(F)F)nc3ccccc3c2=O)cc1. The molecule has 4 aromatic carbocycles. The van der Waals surface area contributed by atoms with Gasteiger partial charge in [-0.25, -0.2) is 9.78 Å². The van der Waals surface area contributed by atoms with Gasteiger partial charge in [-0.05, 0) is 67.4 Å². The molecule has 1 N–H and O–H groups in total. The van der Waals surface area contributed by atoms with Crippen molar-refractivity contribution in [2.24, 2.45) is 0 Å². The smallest absolute Gasteiger partial charge is 0.418 e. The molecule has 10 heteroatoms. The van der Waals surface area contributed by atoms with Gasteiger partial charge in [-0.2, -0.15) is 13.2 Å². The van der Waals surface area contributed by atoms with E-state index < -0.39 is 23.8 Å². The molecule has 1 heterocycles. The van der Waals surface area contributed by atoms with Crippen molar-refractivity contribution in [1.82, 2.24) is 14.5 Å². The van der Waals surface area contributed by atoms with E-state index in [-0.39, 0.29) is 23.6 Å². The van der Waals surface area contributed by atoms with E-state index in [1.807, 2.05) is 44.2 Å². The second kappa shape index (κ2) is 13.0. The van der Waals surface area contributed by atoms with Crippen molar-refractivity contribution >= 4 is 22.6 Å². The fourth-order valence-corrected chi connectivity index (χ4v) is 5.15. The van der Waals surface area contributed by atoms with E-state index in [1.54, 1.807) is 48.5 Å². The highest BCUT2D eigenvalue weighted by molar-refractivity contribution is 5.90. The highest BCUT2D eigenvalue weighted by atomic mass is 19.4. The number of alkyl halides is 3. The lowest BCUT2D eigenvalue weighted by Crippen LogP contribution is -2.40. The normalized spacial score (nSPS) is 12.1. The number of anilines is 1. The van der Waals surface area contributed by atoms with Gasteiger partial charge in [0, 0.05) is 6.54 Å². The highest BCUT2D eigenvalue weighted by Crippen LogP contribution is 2.35. The van der Waals surface area contributed by atoms with Gasteiger partial charge in [0.05, 0.1) is 40.5 Å². The summed E-state index contributed by atoms with van der Waals surface area (Å²) in [5.74, 6) is 0.899. The molecule has 1 unspecified atom stereocenters. The van der Waals surface area contributed by atoms with Crippen LogP contribution in [0.1, 0.15) is 43.3 Å². The first-order chi connectivity index (χ1) is 21.2. The third-order valence-electron chi connectivity index (χ3n) is 7.20. The second-order valence-corrected chi connectivity index (χ2v) is 10.1. The largest absolute Gasteiger partial charge is 0.494 e. The number of ether oxygens (including phenoxy) is 1. The third kappa shape index (κ3) is 6.44. The molecule has 5 aromatic rings. The number of fused-ring (bicyclic) bond motifs is 1. The standard InChI is InChI=1S/C34H31F3N4O3/c1-3-30(31-38-28-16-10-8-14-26(28)32(42)41(31)24-18-20-25(21-19-24)44-4-2)40(22-23-12-6-5-7-13-23)33(43)39-29-17-11-9-15-27(29)34(35,36)37/h5-21,30H,3-4,22H2,1-2H3,(H,39,43). The van der Waals surface area contributed by atoms with E-state index in [0.29, 0.717) is 35.4 Å². The zero-order valence-electron chi connectivity index (χ0n) is 24.2. The van der Waals surface area contributed by atoms with Gasteiger partial charge in [0.25, 0.3) is 5.56 Å². The van der Waals surface area contributed by atoms with Crippen LogP contribution < -0.4 is 15.6 Å². The minimum Gasteiger partial charge on any atom is -0.494 e. The van der Waals surface area contributed by atoms with Crippen molar-refractivity contribution in [2.75, 3.05) is 11.9 Å². The fraction of sp³-hybridized carbons (Fsp3) is 0.206. The topological polar surface area (TPSA) is 76.5 Å². The van der Waals surface area contributed by atoms with E-state index >= 15 is 0 Å². The molecule has 0 aliphatic heterocycles. The fourth-order valence-electron chi connectivity index (χ4n) is 5.15. The number of nitrogens with one attached hydrogen (secondary N) is 1. The zero-order valence-corrected chi connectivity index (χ0v) is 24.2. The first-order valence-corrected chi connectivity index (χ1v) is 14.2. The Morgan fingerprint density at radius 1 is 0.909 bits per heavy atom. The van der Waals surface area contributed by atoms with Crippen LogP contribution in [0.5, 0.6) is 5.75 Å². The van der Waals surface area contributed by atoms with E-state index in [2.05, 4.69) is 5.32 Å². The summed E-state index contributed by atoms with van der Waals surface area (Å²) in [5, 5.41) is 2.88. The lowest BCUT2D eigenvalue weighted by atomic mass is 10.1. The monoisotopic (exact) mass is 600 g/mol. The number of hydrogen-bond donors (Lipinski definition) is 1. The quantitative estimate of drug-likeness (QED) is 0.186. The molecule has 0 bridgehead atoms. The van der Waals surface area contributed by atoms with Crippen LogP contribution in [-0.4, -0.2) is 27.1 Å². The number of carbonyl (C=O) groups is 1. The summed E-state index contributed by atoms with van der Waals surface area (Å²) >= 11 is 0. The number of carbonyl (C=O) groups excluding carboxylic acids is 1. The number of para-hydroxylation sites is 2.